The maximum atomic E-state index is 6.10. The van der Waals surface area contributed by atoms with Gasteiger partial charge in [-0.1, -0.05) is 35.4 Å². The van der Waals surface area contributed by atoms with Gasteiger partial charge < -0.3 is 15.4 Å². The number of nitrogens with one attached hydrogen (secondary N) is 2. The Balaban J connectivity index is 1.79. The molecule has 5 heteroatoms. The second-order valence-electron chi connectivity index (χ2n) is 6.77. The van der Waals surface area contributed by atoms with Gasteiger partial charge in [0.1, 0.15) is 11.4 Å². The lowest BCUT2D eigenvalue weighted by molar-refractivity contribution is 0.0696. The Bertz CT molecular complexity index is 776. The first kappa shape index (κ1) is 17.1. The molecule has 2 aromatic carbocycles. The molecule has 2 N–H and O–H groups in total. The van der Waals surface area contributed by atoms with Crippen LogP contribution in [-0.4, -0.2) is 10.7 Å². The summed E-state index contributed by atoms with van der Waals surface area (Å²) in [6.07, 6.45) is 0.834. The lowest BCUT2D eigenvalue weighted by atomic mass is 9.89. The summed E-state index contributed by atoms with van der Waals surface area (Å²) in [6, 6.07) is 13.9. The summed E-state index contributed by atoms with van der Waals surface area (Å²) in [6.45, 7) is 6.27. The van der Waals surface area contributed by atoms with Crippen molar-refractivity contribution in [1.29, 1.82) is 0 Å². The minimum atomic E-state index is -0.244. The molecule has 0 aliphatic carbocycles. The molecule has 1 heterocycles. The molecule has 0 amide bonds. The minimum Gasteiger partial charge on any atom is -0.487 e. The van der Waals surface area contributed by atoms with E-state index in [0.717, 1.165) is 23.4 Å². The van der Waals surface area contributed by atoms with E-state index < -0.39 is 0 Å². The number of halogens is 1. The molecule has 1 aliphatic rings. The summed E-state index contributed by atoms with van der Waals surface area (Å²) in [5.74, 6) is 0.917. The van der Waals surface area contributed by atoms with Gasteiger partial charge in [0, 0.05) is 22.7 Å². The maximum absolute atomic E-state index is 6.10. The summed E-state index contributed by atoms with van der Waals surface area (Å²) in [5.41, 5.74) is 2.98. The summed E-state index contributed by atoms with van der Waals surface area (Å²) < 4.78 is 6.10. The monoisotopic (exact) mass is 360 g/mol. The fourth-order valence-electron chi connectivity index (χ4n) is 2.99. The molecule has 126 valence electrons. The Morgan fingerprint density at radius 1 is 1.25 bits per heavy atom. The molecule has 0 saturated heterocycles. The van der Waals surface area contributed by atoms with Crippen molar-refractivity contribution in [3.63, 3.8) is 0 Å². The van der Waals surface area contributed by atoms with E-state index in [-0.39, 0.29) is 11.6 Å². The van der Waals surface area contributed by atoms with Crippen molar-refractivity contribution >= 4 is 34.6 Å². The third-order valence-electron chi connectivity index (χ3n) is 4.01. The summed E-state index contributed by atoms with van der Waals surface area (Å²) >= 11 is 11.5. The summed E-state index contributed by atoms with van der Waals surface area (Å²) in [4.78, 5) is 0. The van der Waals surface area contributed by atoms with Crippen LogP contribution < -0.4 is 15.4 Å². The van der Waals surface area contributed by atoms with Gasteiger partial charge in [-0.05, 0) is 57.3 Å². The van der Waals surface area contributed by atoms with E-state index in [4.69, 9.17) is 28.6 Å². The van der Waals surface area contributed by atoms with Crippen molar-refractivity contribution in [2.45, 2.75) is 38.8 Å². The normalized spacial score (nSPS) is 18.2. The Labute approximate surface area is 153 Å². The molecule has 0 fully saturated rings. The molecule has 0 aromatic heterocycles. The molecule has 3 rings (SSSR count). The standard InChI is InChI=1S/C19H21ClN2OS/c1-12-7-8-17-15(9-12)16(11-19(2,3)23-17)22-18(24)21-14-6-4-5-13(20)10-14/h4-10,16H,11H2,1-3H3,(H2,21,22,24)/t16-/m1/s1. The van der Waals surface area contributed by atoms with Gasteiger partial charge in [-0.15, -0.1) is 0 Å². The number of aryl methyl sites for hydroxylation is 1. The van der Waals surface area contributed by atoms with Gasteiger partial charge in [-0.25, -0.2) is 0 Å². The first-order valence-corrected chi connectivity index (χ1v) is 8.74. The van der Waals surface area contributed by atoms with Crippen LogP contribution in [0.5, 0.6) is 5.75 Å². The fraction of sp³-hybridized carbons (Fsp3) is 0.316. The Morgan fingerprint density at radius 3 is 2.79 bits per heavy atom. The zero-order valence-electron chi connectivity index (χ0n) is 14.0. The average Bonchev–Trinajstić information content (AvgIpc) is 2.47. The number of thiocarbonyl (C=S) groups is 1. The van der Waals surface area contributed by atoms with Gasteiger partial charge in [0.15, 0.2) is 5.11 Å². The van der Waals surface area contributed by atoms with Gasteiger partial charge in [0.05, 0.1) is 6.04 Å². The highest BCUT2D eigenvalue weighted by Crippen LogP contribution is 2.39. The van der Waals surface area contributed by atoms with Crippen molar-refractivity contribution < 1.29 is 4.74 Å². The molecular weight excluding hydrogens is 340 g/mol. The first-order chi connectivity index (χ1) is 11.3. The van der Waals surface area contributed by atoms with Crippen molar-refractivity contribution in [3.8, 4) is 5.75 Å². The van der Waals surface area contributed by atoms with E-state index in [2.05, 4.69) is 43.5 Å². The van der Waals surface area contributed by atoms with Crippen LogP contribution in [0.3, 0.4) is 0 Å². The summed E-state index contributed by atoms with van der Waals surface area (Å²) in [7, 11) is 0. The van der Waals surface area contributed by atoms with Crippen LogP contribution in [0.4, 0.5) is 5.69 Å². The molecule has 0 radical (unpaired) electrons. The molecule has 1 aliphatic heterocycles. The van der Waals surface area contributed by atoms with E-state index in [9.17, 15) is 0 Å². The number of hydrogen-bond acceptors (Lipinski definition) is 2. The zero-order valence-corrected chi connectivity index (χ0v) is 15.6. The van der Waals surface area contributed by atoms with Crippen LogP contribution in [0, 0.1) is 6.92 Å². The Hall–Kier alpha value is -1.78. The highest BCUT2D eigenvalue weighted by atomic mass is 35.5. The van der Waals surface area contributed by atoms with E-state index in [1.807, 2.05) is 30.3 Å². The number of ether oxygens (including phenoxy) is 1. The van der Waals surface area contributed by atoms with E-state index >= 15 is 0 Å². The lowest BCUT2D eigenvalue weighted by Crippen LogP contribution is -2.42. The number of benzene rings is 2. The molecule has 0 spiro atoms. The maximum Gasteiger partial charge on any atom is 0.171 e. The van der Waals surface area contributed by atoms with Gasteiger partial charge in [0.25, 0.3) is 0 Å². The predicted octanol–water partition coefficient (Wildman–Crippen LogP) is 5.24. The average molecular weight is 361 g/mol. The predicted molar refractivity (Wildman–Crippen MR) is 104 cm³/mol. The minimum absolute atomic E-state index is 0.0998. The zero-order chi connectivity index (χ0) is 17.3. The first-order valence-electron chi connectivity index (χ1n) is 7.95. The van der Waals surface area contributed by atoms with Crippen molar-refractivity contribution in [2.24, 2.45) is 0 Å². The van der Waals surface area contributed by atoms with Gasteiger partial charge in [-0.2, -0.15) is 0 Å². The topological polar surface area (TPSA) is 33.3 Å². The largest absolute Gasteiger partial charge is 0.487 e. The smallest absolute Gasteiger partial charge is 0.171 e. The molecule has 0 unspecified atom stereocenters. The van der Waals surface area contributed by atoms with E-state index in [1.54, 1.807) is 0 Å². The SMILES string of the molecule is Cc1ccc2c(c1)[C@H](NC(=S)Nc1cccc(Cl)c1)CC(C)(C)O2. The van der Waals surface area contributed by atoms with Crippen LogP contribution in [0.1, 0.15) is 37.4 Å². The second kappa shape index (κ2) is 6.61. The molecule has 0 saturated carbocycles. The third kappa shape index (κ3) is 4.00. The molecule has 1 atom stereocenters. The fourth-order valence-corrected chi connectivity index (χ4v) is 3.44. The van der Waals surface area contributed by atoms with Crippen molar-refractivity contribution in [3.05, 3.63) is 58.6 Å². The summed E-state index contributed by atoms with van der Waals surface area (Å²) in [5, 5.41) is 7.87. The second-order valence-corrected chi connectivity index (χ2v) is 7.61. The van der Waals surface area contributed by atoms with Gasteiger partial charge in [0.2, 0.25) is 0 Å². The molecule has 3 nitrogen and oxygen atoms in total. The van der Waals surface area contributed by atoms with Crippen LogP contribution in [0.15, 0.2) is 42.5 Å². The third-order valence-corrected chi connectivity index (χ3v) is 4.47. The Kier molecular flexibility index (Phi) is 4.70. The number of anilines is 1. The number of rotatable bonds is 2. The van der Waals surface area contributed by atoms with Crippen LogP contribution in [-0.2, 0) is 0 Å². The molecule has 24 heavy (non-hydrogen) atoms. The van der Waals surface area contributed by atoms with Crippen LogP contribution >= 0.6 is 23.8 Å². The number of hydrogen-bond donors (Lipinski definition) is 2. The van der Waals surface area contributed by atoms with Crippen molar-refractivity contribution in [2.75, 3.05) is 5.32 Å². The van der Waals surface area contributed by atoms with E-state index in [1.165, 1.54) is 5.56 Å². The van der Waals surface area contributed by atoms with Gasteiger partial charge in [-0.3, -0.25) is 0 Å². The Morgan fingerprint density at radius 2 is 2.04 bits per heavy atom. The van der Waals surface area contributed by atoms with E-state index in [0.29, 0.717) is 10.1 Å². The molecule has 0 bridgehead atoms. The molecule has 2 aromatic rings. The lowest BCUT2D eigenvalue weighted by Gasteiger charge is -2.38. The quantitative estimate of drug-likeness (QED) is 0.718. The van der Waals surface area contributed by atoms with Crippen molar-refractivity contribution in [1.82, 2.24) is 5.32 Å². The highest BCUT2D eigenvalue weighted by Gasteiger charge is 2.34. The van der Waals surface area contributed by atoms with Gasteiger partial charge >= 0.3 is 0 Å². The highest BCUT2D eigenvalue weighted by molar-refractivity contribution is 7.80. The van der Waals surface area contributed by atoms with Crippen LogP contribution in [0.2, 0.25) is 5.02 Å². The number of fused-ring (bicyclic) bond motifs is 1. The molecular formula is C19H21ClN2OS. The van der Waals surface area contributed by atoms with Crippen LogP contribution in [0.25, 0.3) is 0 Å².